The largest absolute Gasteiger partial charge is 0.411 e. The summed E-state index contributed by atoms with van der Waals surface area (Å²) in [6.07, 6.45) is 3.21. The van der Waals surface area contributed by atoms with E-state index in [0.717, 1.165) is 25.7 Å². The Hall–Kier alpha value is 0.0569. The molecule has 0 aromatic rings. The molecule has 4 nitrogen and oxygen atoms in total. The van der Waals surface area contributed by atoms with Gasteiger partial charge in [0.25, 0.3) is 0 Å². The lowest BCUT2D eigenvalue weighted by Gasteiger charge is -2.33. The zero-order chi connectivity index (χ0) is 10.6. The molecule has 0 saturated heterocycles. The van der Waals surface area contributed by atoms with Crippen molar-refractivity contribution >= 4 is 8.56 Å². The first-order valence-corrected chi connectivity index (χ1v) is 7.90. The van der Waals surface area contributed by atoms with Gasteiger partial charge in [0.05, 0.1) is 12.2 Å². The standard InChI is InChI=1S/C9H21NO3Si/c1-14(12,7-6-10)13-9-5-3-2-4-8(9)11/h8-9,11-12H,2-7,10H2,1H3. The SMILES string of the molecule is C[Si](O)(CCN)OC1CCCCC1O. The molecule has 84 valence electrons. The average Bonchev–Trinajstić information content (AvgIpc) is 2.08. The maximum atomic E-state index is 9.91. The van der Waals surface area contributed by atoms with Crippen LogP contribution in [0.4, 0.5) is 0 Å². The molecule has 1 aliphatic carbocycles. The highest BCUT2D eigenvalue weighted by atomic mass is 28.4. The lowest BCUT2D eigenvalue weighted by atomic mass is 9.95. The Kier molecular flexibility index (Phi) is 4.53. The van der Waals surface area contributed by atoms with Gasteiger partial charge >= 0.3 is 8.56 Å². The van der Waals surface area contributed by atoms with Crippen LogP contribution in [-0.4, -0.2) is 37.2 Å². The first-order valence-electron chi connectivity index (χ1n) is 5.33. The van der Waals surface area contributed by atoms with Crippen LogP contribution < -0.4 is 5.73 Å². The van der Waals surface area contributed by atoms with Gasteiger partial charge in [-0.05, 0) is 25.9 Å². The van der Waals surface area contributed by atoms with E-state index < -0.39 is 14.7 Å². The van der Waals surface area contributed by atoms with E-state index >= 15 is 0 Å². The summed E-state index contributed by atoms with van der Waals surface area (Å²) in [6.45, 7) is 2.18. The van der Waals surface area contributed by atoms with Crippen LogP contribution in [0.5, 0.6) is 0 Å². The van der Waals surface area contributed by atoms with E-state index in [4.69, 9.17) is 10.2 Å². The van der Waals surface area contributed by atoms with E-state index in [2.05, 4.69) is 0 Å². The zero-order valence-electron chi connectivity index (χ0n) is 8.78. The first-order chi connectivity index (χ1) is 6.55. The summed E-state index contributed by atoms with van der Waals surface area (Å²) < 4.78 is 5.60. The fraction of sp³-hybridized carbons (Fsp3) is 1.00. The van der Waals surface area contributed by atoms with Crippen LogP contribution in [0.15, 0.2) is 0 Å². The van der Waals surface area contributed by atoms with Crippen molar-refractivity contribution in [3.8, 4) is 0 Å². The molecule has 1 fully saturated rings. The summed E-state index contributed by atoms with van der Waals surface area (Å²) in [6, 6.07) is 0.538. The lowest BCUT2D eigenvalue weighted by molar-refractivity contribution is -0.00978. The van der Waals surface area contributed by atoms with Crippen molar-refractivity contribution in [3.05, 3.63) is 0 Å². The predicted octanol–water partition coefficient (Wildman–Crippen LogP) is 0.329. The molecule has 14 heavy (non-hydrogen) atoms. The summed E-state index contributed by atoms with van der Waals surface area (Å²) in [5.41, 5.74) is 5.39. The Balaban J connectivity index is 2.40. The van der Waals surface area contributed by atoms with Gasteiger partial charge in [0.15, 0.2) is 0 Å². The predicted molar refractivity (Wildman–Crippen MR) is 57.0 cm³/mol. The lowest BCUT2D eigenvalue weighted by Crippen LogP contribution is -2.45. The van der Waals surface area contributed by atoms with Crippen LogP contribution in [0, 0.1) is 0 Å². The van der Waals surface area contributed by atoms with E-state index in [0.29, 0.717) is 12.6 Å². The Morgan fingerprint density at radius 2 is 2.07 bits per heavy atom. The molecular formula is C9H21NO3Si. The summed E-state index contributed by atoms with van der Waals surface area (Å²) in [5.74, 6) is 0. The molecule has 0 aromatic carbocycles. The molecule has 3 atom stereocenters. The second kappa shape index (κ2) is 5.23. The summed E-state index contributed by atoms with van der Waals surface area (Å²) >= 11 is 0. The second-order valence-corrected chi connectivity index (χ2v) is 7.31. The number of nitrogens with two attached hydrogens (primary N) is 1. The third kappa shape index (κ3) is 3.66. The van der Waals surface area contributed by atoms with Gasteiger partial charge in [-0.15, -0.1) is 0 Å². The van der Waals surface area contributed by atoms with Gasteiger partial charge in [-0.3, -0.25) is 0 Å². The molecule has 1 aliphatic rings. The first kappa shape index (κ1) is 12.1. The van der Waals surface area contributed by atoms with E-state index in [9.17, 15) is 9.90 Å². The van der Waals surface area contributed by atoms with Gasteiger partial charge in [-0.2, -0.15) is 0 Å². The van der Waals surface area contributed by atoms with Crippen molar-refractivity contribution in [2.45, 2.75) is 50.5 Å². The highest BCUT2D eigenvalue weighted by Gasteiger charge is 2.33. The minimum atomic E-state index is -2.62. The molecule has 5 heteroatoms. The molecule has 0 spiro atoms. The van der Waals surface area contributed by atoms with E-state index in [-0.39, 0.29) is 6.10 Å². The van der Waals surface area contributed by atoms with Crippen molar-refractivity contribution in [3.63, 3.8) is 0 Å². The highest BCUT2D eigenvalue weighted by Crippen LogP contribution is 2.24. The zero-order valence-corrected chi connectivity index (χ0v) is 9.78. The smallest absolute Gasteiger partial charge is 0.333 e. The molecule has 0 radical (unpaired) electrons. The highest BCUT2D eigenvalue weighted by molar-refractivity contribution is 6.64. The van der Waals surface area contributed by atoms with Crippen molar-refractivity contribution in [1.82, 2.24) is 0 Å². The molecule has 0 amide bonds. The summed E-state index contributed by atoms with van der Waals surface area (Å²) in [7, 11) is -2.62. The van der Waals surface area contributed by atoms with E-state index in [1.165, 1.54) is 0 Å². The summed E-state index contributed by atoms with van der Waals surface area (Å²) in [4.78, 5) is 9.91. The van der Waals surface area contributed by atoms with Gasteiger partial charge in [0, 0.05) is 6.04 Å². The van der Waals surface area contributed by atoms with Gasteiger partial charge in [0.1, 0.15) is 0 Å². The monoisotopic (exact) mass is 219 g/mol. The van der Waals surface area contributed by atoms with E-state index in [1.807, 2.05) is 0 Å². The molecule has 0 aliphatic heterocycles. The Labute approximate surface area is 86.3 Å². The van der Waals surface area contributed by atoms with Crippen molar-refractivity contribution in [2.24, 2.45) is 5.73 Å². The maximum Gasteiger partial charge on any atom is 0.333 e. The Bertz CT molecular complexity index is 177. The third-order valence-electron chi connectivity index (χ3n) is 2.68. The molecule has 3 unspecified atom stereocenters. The van der Waals surface area contributed by atoms with Gasteiger partial charge < -0.3 is 20.1 Å². The quantitative estimate of drug-likeness (QED) is 0.596. The molecule has 0 aromatic heterocycles. The molecule has 1 rings (SSSR count). The number of hydrogen-bond acceptors (Lipinski definition) is 4. The van der Waals surface area contributed by atoms with Crippen molar-refractivity contribution in [2.75, 3.05) is 6.54 Å². The number of rotatable bonds is 4. The minimum Gasteiger partial charge on any atom is -0.411 e. The minimum absolute atomic E-state index is 0.169. The van der Waals surface area contributed by atoms with Crippen LogP contribution in [0.1, 0.15) is 25.7 Å². The molecule has 1 saturated carbocycles. The normalized spacial score (nSPS) is 32.6. The number of hydrogen-bond donors (Lipinski definition) is 3. The third-order valence-corrected chi connectivity index (χ3v) is 4.71. The fourth-order valence-corrected chi connectivity index (χ4v) is 3.45. The maximum absolute atomic E-state index is 9.91. The van der Waals surface area contributed by atoms with Crippen LogP contribution >= 0.6 is 0 Å². The number of aliphatic hydroxyl groups excluding tert-OH is 1. The van der Waals surface area contributed by atoms with Crippen LogP contribution in [0.3, 0.4) is 0 Å². The van der Waals surface area contributed by atoms with Crippen molar-refractivity contribution in [1.29, 1.82) is 0 Å². The van der Waals surface area contributed by atoms with Crippen LogP contribution in [-0.2, 0) is 4.43 Å². The topological polar surface area (TPSA) is 75.7 Å². The Morgan fingerprint density at radius 3 is 2.64 bits per heavy atom. The van der Waals surface area contributed by atoms with E-state index in [1.54, 1.807) is 6.55 Å². The fourth-order valence-electron chi connectivity index (χ4n) is 1.87. The molecular weight excluding hydrogens is 198 g/mol. The van der Waals surface area contributed by atoms with Crippen LogP contribution in [0.25, 0.3) is 0 Å². The van der Waals surface area contributed by atoms with Crippen LogP contribution in [0.2, 0.25) is 12.6 Å². The molecule has 0 bridgehead atoms. The van der Waals surface area contributed by atoms with Gasteiger partial charge in [-0.1, -0.05) is 12.8 Å². The summed E-state index contributed by atoms with van der Waals surface area (Å²) in [5, 5.41) is 9.66. The Morgan fingerprint density at radius 1 is 1.43 bits per heavy atom. The van der Waals surface area contributed by atoms with Crippen molar-refractivity contribution < 1.29 is 14.3 Å². The van der Waals surface area contributed by atoms with Gasteiger partial charge in [0.2, 0.25) is 0 Å². The molecule has 4 N–H and O–H groups in total. The second-order valence-electron chi connectivity index (χ2n) is 4.22. The molecule has 0 heterocycles. The number of aliphatic hydroxyl groups is 1. The average molecular weight is 219 g/mol. The van der Waals surface area contributed by atoms with Gasteiger partial charge in [-0.25, -0.2) is 0 Å².